The standard InChI is InChI=1S/C11H12N4/c1-9-4-2-3-5-10(9)14-15-11-6-7-12-8-13-11/h2-8,14H,1H3,(H,12,13,15). The molecule has 0 aliphatic carbocycles. The first kappa shape index (κ1) is 9.45. The summed E-state index contributed by atoms with van der Waals surface area (Å²) in [6, 6.07) is 9.83. The first-order valence-corrected chi connectivity index (χ1v) is 4.70. The highest BCUT2D eigenvalue weighted by molar-refractivity contribution is 5.53. The van der Waals surface area contributed by atoms with Gasteiger partial charge in [0.2, 0.25) is 0 Å². The number of aromatic nitrogens is 2. The van der Waals surface area contributed by atoms with Crippen molar-refractivity contribution in [1.29, 1.82) is 0 Å². The maximum atomic E-state index is 4.04. The third-order valence-corrected chi connectivity index (χ3v) is 2.05. The molecule has 0 unspecified atom stereocenters. The monoisotopic (exact) mass is 200 g/mol. The van der Waals surface area contributed by atoms with E-state index in [0.29, 0.717) is 0 Å². The Morgan fingerprint density at radius 1 is 1.07 bits per heavy atom. The minimum absolute atomic E-state index is 0.744. The summed E-state index contributed by atoms with van der Waals surface area (Å²) >= 11 is 0. The zero-order chi connectivity index (χ0) is 10.5. The second-order valence-corrected chi connectivity index (χ2v) is 3.16. The molecule has 1 heterocycles. The highest BCUT2D eigenvalue weighted by Crippen LogP contribution is 2.13. The number of aryl methyl sites for hydroxylation is 1. The fourth-order valence-electron chi connectivity index (χ4n) is 1.21. The van der Waals surface area contributed by atoms with Crippen molar-refractivity contribution in [3.63, 3.8) is 0 Å². The van der Waals surface area contributed by atoms with Gasteiger partial charge in [-0.05, 0) is 18.6 Å². The Morgan fingerprint density at radius 3 is 2.67 bits per heavy atom. The summed E-state index contributed by atoms with van der Waals surface area (Å²) in [6.07, 6.45) is 3.19. The number of nitrogens with zero attached hydrogens (tertiary/aromatic N) is 2. The molecule has 2 N–H and O–H groups in total. The molecule has 2 rings (SSSR count). The number of hydrazine groups is 1. The van der Waals surface area contributed by atoms with E-state index < -0.39 is 0 Å². The molecule has 76 valence electrons. The molecule has 1 aromatic carbocycles. The number of anilines is 2. The quantitative estimate of drug-likeness (QED) is 0.746. The van der Waals surface area contributed by atoms with Crippen LogP contribution in [-0.4, -0.2) is 9.97 Å². The van der Waals surface area contributed by atoms with Gasteiger partial charge < -0.3 is 0 Å². The molecule has 4 heteroatoms. The van der Waals surface area contributed by atoms with Crippen molar-refractivity contribution in [3.8, 4) is 0 Å². The van der Waals surface area contributed by atoms with E-state index >= 15 is 0 Å². The van der Waals surface area contributed by atoms with Crippen LogP contribution in [0.15, 0.2) is 42.9 Å². The number of hydrogen-bond donors (Lipinski definition) is 2. The summed E-state index contributed by atoms with van der Waals surface area (Å²) in [4.78, 5) is 7.88. The predicted octanol–water partition coefficient (Wildman–Crippen LogP) is 2.22. The lowest BCUT2D eigenvalue weighted by atomic mass is 10.2. The Morgan fingerprint density at radius 2 is 1.93 bits per heavy atom. The first-order valence-electron chi connectivity index (χ1n) is 4.70. The topological polar surface area (TPSA) is 49.8 Å². The summed E-state index contributed by atoms with van der Waals surface area (Å²) < 4.78 is 0. The molecule has 0 spiro atoms. The van der Waals surface area contributed by atoms with Crippen molar-refractivity contribution in [3.05, 3.63) is 48.4 Å². The average molecular weight is 200 g/mol. The highest BCUT2D eigenvalue weighted by Gasteiger charge is 1.95. The minimum atomic E-state index is 0.744. The van der Waals surface area contributed by atoms with E-state index in [0.717, 1.165) is 11.5 Å². The molecule has 0 bridgehead atoms. The van der Waals surface area contributed by atoms with Gasteiger partial charge in [-0.15, -0.1) is 0 Å². The Bertz CT molecular complexity index is 428. The summed E-state index contributed by atoms with van der Waals surface area (Å²) in [5.74, 6) is 0.744. The molecule has 0 saturated carbocycles. The third-order valence-electron chi connectivity index (χ3n) is 2.05. The maximum absolute atomic E-state index is 4.04. The van der Waals surface area contributed by atoms with E-state index in [4.69, 9.17) is 0 Å². The van der Waals surface area contributed by atoms with Crippen LogP contribution in [0.25, 0.3) is 0 Å². The van der Waals surface area contributed by atoms with Gasteiger partial charge in [-0.25, -0.2) is 9.97 Å². The molecule has 0 aliphatic rings. The number of para-hydroxylation sites is 1. The Kier molecular flexibility index (Phi) is 2.78. The van der Waals surface area contributed by atoms with Crippen molar-refractivity contribution in [2.75, 3.05) is 10.9 Å². The van der Waals surface area contributed by atoms with Crippen LogP contribution in [0.2, 0.25) is 0 Å². The average Bonchev–Trinajstić information content (AvgIpc) is 2.29. The van der Waals surface area contributed by atoms with Gasteiger partial charge in [-0.1, -0.05) is 18.2 Å². The lowest BCUT2D eigenvalue weighted by molar-refractivity contribution is 1.15. The highest BCUT2D eigenvalue weighted by atomic mass is 15.4. The van der Waals surface area contributed by atoms with Gasteiger partial charge >= 0.3 is 0 Å². The number of rotatable bonds is 3. The molecule has 0 amide bonds. The van der Waals surface area contributed by atoms with E-state index in [1.165, 1.54) is 11.9 Å². The van der Waals surface area contributed by atoms with E-state index in [9.17, 15) is 0 Å². The molecular formula is C11H12N4. The van der Waals surface area contributed by atoms with Crippen molar-refractivity contribution in [1.82, 2.24) is 9.97 Å². The van der Waals surface area contributed by atoms with E-state index in [1.54, 1.807) is 12.3 Å². The fourth-order valence-corrected chi connectivity index (χ4v) is 1.21. The van der Waals surface area contributed by atoms with Gasteiger partial charge in [0.1, 0.15) is 12.1 Å². The van der Waals surface area contributed by atoms with Gasteiger partial charge in [0.15, 0.2) is 0 Å². The van der Waals surface area contributed by atoms with Crippen LogP contribution in [-0.2, 0) is 0 Å². The van der Waals surface area contributed by atoms with Crippen LogP contribution < -0.4 is 10.9 Å². The van der Waals surface area contributed by atoms with E-state index in [2.05, 4.69) is 20.8 Å². The minimum Gasteiger partial charge on any atom is -0.299 e. The van der Waals surface area contributed by atoms with Crippen LogP contribution in [0.1, 0.15) is 5.56 Å². The lowest BCUT2D eigenvalue weighted by Crippen LogP contribution is -2.10. The number of nitrogens with one attached hydrogen (secondary N) is 2. The molecule has 0 atom stereocenters. The molecule has 1 aromatic heterocycles. The van der Waals surface area contributed by atoms with Crippen LogP contribution in [0, 0.1) is 6.92 Å². The van der Waals surface area contributed by atoms with Crippen molar-refractivity contribution < 1.29 is 0 Å². The van der Waals surface area contributed by atoms with Crippen LogP contribution in [0.5, 0.6) is 0 Å². The third kappa shape index (κ3) is 2.43. The number of hydrogen-bond acceptors (Lipinski definition) is 4. The molecule has 0 saturated heterocycles. The van der Waals surface area contributed by atoms with Crippen molar-refractivity contribution >= 4 is 11.5 Å². The van der Waals surface area contributed by atoms with Gasteiger partial charge in [-0.2, -0.15) is 0 Å². The molecule has 0 aliphatic heterocycles. The fraction of sp³-hybridized carbons (Fsp3) is 0.0909. The first-order chi connectivity index (χ1) is 7.36. The van der Waals surface area contributed by atoms with Gasteiger partial charge in [0.05, 0.1) is 5.69 Å². The zero-order valence-corrected chi connectivity index (χ0v) is 8.44. The summed E-state index contributed by atoms with van der Waals surface area (Å²) in [5, 5.41) is 0. The Hall–Kier alpha value is -2.10. The van der Waals surface area contributed by atoms with Crippen molar-refractivity contribution in [2.24, 2.45) is 0 Å². The van der Waals surface area contributed by atoms with Crippen LogP contribution >= 0.6 is 0 Å². The van der Waals surface area contributed by atoms with Crippen LogP contribution in [0.3, 0.4) is 0 Å². The largest absolute Gasteiger partial charge is 0.299 e. The zero-order valence-electron chi connectivity index (χ0n) is 8.44. The molecule has 15 heavy (non-hydrogen) atoms. The van der Waals surface area contributed by atoms with Gasteiger partial charge in [0.25, 0.3) is 0 Å². The van der Waals surface area contributed by atoms with Crippen LogP contribution in [0.4, 0.5) is 11.5 Å². The maximum Gasteiger partial charge on any atom is 0.147 e. The Balaban J connectivity index is 2.03. The summed E-state index contributed by atoms with van der Waals surface area (Å²) in [6.45, 7) is 2.05. The Labute approximate surface area is 88.4 Å². The van der Waals surface area contributed by atoms with Crippen molar-refractivity contribution in [2.45, 2.75) is 6.92 Å². The van der Waals surface area contributed by atoms with Gasteiger partial charge in [0, 0.05) is 12.3 Å². The lowest BCUT2D eigenvalue weighted by Gasteiger charge is -2.10. The molecular weight excluding hydrogens is 188 g/mol. The molecule has 0 radical (unpaired) electrons. The van der Waals surface area contributed by atoms with Gasteiger partial charge in [-0.3, -0.25) is 10.9 Å². The number of benzene rings is 1. The van der Waals surface area contributed by atoms with E-state index in [-0.39, 0.29) is 0 Å². The van der Waals surface area contributed by atoms with E-state index in [1.807, 2.05) is 31.2 Å². The molecule has 4 nitrogen and oxygen atoms in total. The molecule has 0 fully saturated rings. The summed E-state index contributed by atoms with van der Waals surface area (Å²) in [7, 11) is 0. The predicted molar refractivity (Wildman–Crippen MR) is 60.5 cm³/mol. The second kappa shape index (κ2) is 4.41. The second-order valence-electron chi connectivity index (χ2n) is 3.16. The smallest absolute Gasteiger partial charge is 0.147 e. The summed E-state index contributed by atoms with van der Waals surface area (Å²) in [5.41, 5.74) is 8.31. The SMILES string of the molecule is Cc1ccccc1NNc1ccncn1. The normalized spacial score (nSPS) is 9.67. The molecule has 2 aromatic rings.